The molecule has 33 heavy (non-hydrogen) atoms. The number of hydrogen-bond acceptors (Lipinski definition) is 8. The Morgan fingerprint density at radius 1 is 1.09 bits per heavy atom. The molecule has 2 atom stereocenters. The number of aromatic carboxylic acids is 1. The van der Waals surface area contributed by atoms with E-state index in [1.54, 1.807) is 42.8 Å². The van der Waals surface area contributed by atoms with Gasteiger partial charge >= 0.3 is 5.97 Å². The van der Waals surface area contributed by atoms with Crippen molar-refractivity contribution in [3.63, 3.8) is 0 Å². The first-order valence-corrected chi connectivity index (χ1v) is 11.5. The number of carbonyl (C=O) groups is 1. The fraction of sp³-hybridized carbons (Fsp3) is 0.609. The summed E-state index contributed by atoms with van der Waals surface area (Å²) in [6.45, 7) is 12.1. The van der Waals surface area contributed by atoms with Crippen molar-refractivity contribution in [3.8, 4) is 0 Å². The molecule has 10 nitrogen and oxygen atoms in total. The summed E-state index contributed by atoms with van der Waals surface area (Å²) >= 11 is 0. The van der Waals surface area contributed by atoms with Crippen LogP contribution >= 0.6 is 0 Å². The van der Waals surface area contributed by atoms with E-state index in [1.165, 1.54) is 0 Å². The number of aliphatic hydroxyl groups is 2. The summed E-state index contributed by atoms with van der Waals surface area (Å²) in [6.07, 6.45) is 1.14. The van der Waals surface area contributed by atoms with E-state index in [0.717, 1.165) is 44.0 Å². The summed E-state index contributed by atoms with van der Waals surface area (Å²) in [5.74, 6) is -0.938. The number of carboxylic acids is 1. The molecule has 1 heterocycles. The van der Waals surface area contributed by atoms with Crippen molar-refractivity contribution >= 4 is 5.97 Å². The molecule has 10 heteroatoms. The van der Waals surface area contributed by atoms with Gasteiger partial charge in [0.1, 0.15) is 0 Å². The molecule has 0 radical (unpaired) electrons. The van der Waals surface area contributed by atoms with Gasteiger partial charge in [-0.05, 0) is 38.1 Å². The number of hydrogen-bond donors (Lipinski definition) is 4. The normalized spacial score (nSPS) is 13.5. The van der Waals surface area contributed by atoms with Gasteiger partial charge in [0.25, 0.3) is 0 Å². The fourth-order valence-corrected chi connectivity index (χ4v) is 3.51. The van der Waals surface area contributed by atoms with Crippen LogP contribution in [0.2, 0.25) is 0 Å². The Labute approximate surface area is 195 Å². The summed E-state index contributed by atoms with van der Waals surface area (Å²) < 4.78 is 1.76. The van der Waals surface area contributed by atoms with Crippen LogP contribution < -0.4 is 5.32 Å². The van der Waals surface area contributed by atoms with Gasteiger partial charge in [0.05, 0.1) is 36.2 Å². The summed E-state index contributed by atoms with van der Waals surface area (Å²) in [5.41, 5.74) is 2.10. The van der Waals surface area contributed by atoms with Crippen molar-refractivity contribution in [1.29, 1.82) is 0 Å². The molecule has 0 aliphatic carbocycles. The molecule has 2 aromatic rings. The Morgan fingerprint density at radius 2 is 1.79 bits per heavy atom. The Balaban J connectivity index is 1.84. The molecule has 0 fully saturated rings. The minimum Gasteiger partial charge on any atom is -0.478 e. The van der Waals surface area contributed by atoms with Gasteiger partial charge in [0.15, 0.2) is 0 Å². The molecule has 1 aromatic heterocycles. The van der Waals surface area contributed by atoms with E-state index >= 15 is 0 Å². The van der Waals surface area contributed by atoms with Crippen molar-refractivity contribution < 1.29 is 20.1 Å². The quantitative estimate of drug-likeness (QED) is 0.264. The van der Waals surface area contributed by atoms with Crippen LogP contribution in [-0.2, 0) is 13.1 Å². The molecule has 2 rings (SSSR count). The molecule has 0 aliphatic heterocycles. The lowest BCUT2D eigenvalue weighted by atomic mass is 10.1. The number of likely N-dealkylation sites (N-methyl/N-ethyl adjacent to an activating group) is 1. The summed E-state index contributed by atoms with van der Waals surface area (Å²) in [6, 6.07) is 6.76. The highest BCUT2D eigenvalue weighted by Gasteiger charge is 2.13. The lowest BCUT2D eigenvalue weighted by molar-refractivity contribution is 0.0697. The van der Waals surface area contributed by atoms with E-state index < -0.39 is 12.1 Å². The molecule has 0 spiro atoms. The number of aliphatic hydroxyl groups excluding tert-OH is 2. The van der Waals surface area contributed by atoms with Crippen LogP contribution in [0.25, 0.3) is 0 Å². The Morgan fingerprint density at radius 3 is 2.39 bits per heavy atom. The second kappa shape index (κ2) is 14.0. The number of nitrogens with one attached hydrogen (secondary N) is 1. The van der Waals surface area contributed by atoms with Crippen LogP contribution in [0.5, 0.6) is 0 Å². The number of carboxylic acid groups (broad SMARTS) is 1. The zero-order chi connectivity index (χ0) is 24.2. The fourth-order valence-electron chi connectivity index (χ4n) is 3.51. The molecule has 0 aliphatic rings. The second-order valence-electron chi connectivity index (χ2n) is 8.48. The van der Waals surface area contributed by atoms with Gasteiger partial charge in [-0.2, -0.15) is 0 Å². The summed E-state index contributed by atoms with van der Waals surface area (Å²) in [5, 5.41) is 39.9. The summed E-state index contributed by atoms with van der Waals surface area (Å²) in [7, 11) is 0. The zero-order valence-electron chi connectivity index (χ0n) is 19.9. The maximum Gasteiger partial charge on any atom is 0.335 e. The third kappa shape index (κ3) is 10.4. The number of aromatic nitrogens is 3. The third-order valence-corrected chi connectivity index (χ3v) is 5.26. The van der Waals surface area contributed by atoms with Gasteiger partial charge in [-0.15, -0.1) is 5.10 Å². The van der Waals surface area contributed by atoms with E-state index in [1.807, 2.05) is 6.20 Å². The van der Waals surface area contributed by atoms with Crippen LogP contribution in [-0.4, -0.2) is 104 Å². The molecule has 4 N–H and O–H groups in total. The van der Waals surface area contributed by atoms with Crippen LogP contribution in [0.1, 0.15) is 42.4 Å². The first-order valence-electron chi connectivity index (χ1n) is 11.5. The standard InChI is InChI=1S/C23H38N6O4/c1-4-27(11-12-28(14-19(3)31)10-9-24-13-18(2)30)16-22-17-29(26-25-22)15-20-5-7-21(8-6-20)23(32)33/h5-8,17-19,24,30-31H,4,9-16H2,1-3H3,(H,32,33)/t18-,19-/m0/s1. The number of benzene rings is 1. The highest BCUT2D eigenvalue weighted by molar-refractivity contribution is 5.87. The maximum absolute atomic E-state index is 11.0. The van der Waals surface area contributed by atoms with Gasteiger partial charge in [-0.25, -0.2) is 9.48 Å². The Kier molecular flexibility index (Phi) is 11.4. The van der Waals surface area contributed by atoms with Crippen molar-refractivity contribution in [2.45, 2.75) is 46.1 Å². The molecule has 184 valence electrons. The lowest BCUT2D eigenvalue weighted by Gasteiger charge is -2.27. The first kappa shape index (κ1) is 26.9. The van der Waals surface area contributed by atoms with E-state index in [4.69, 9.17) is 5.11 Å². The minimum absolute atomic E-state index is 0.264. The molecular weight excluding hydrogens is 424 g/mol. The predicted octanol–water partition coefficient (Wildman–Crippen LogP) is 0.500. The Hall–Kier alpha value is -2.37. The van der Waals surface area contributed by atoms with Gasteiger partial charge < -0.3 is 20.6 Å². The second-order valence-corrected chi connectivity index (χ2v) is 8.48. The van der Waals surface area contributed by atoms with E-state index in [2.05, 4.69) is 32.4 Å². The summed E-state index contributed by atoms with van der Waals surface area (Å²) in [4.78, 5) is 15.5. The monoisotopic (exact) mass is 462 g/mol. The molecule has 0 saturated heterocycles. The molecule has 1 aromatic carbocycles. The van der Waals surface area contributed by atoms with Crippen LogP contribution in [0.4, 0.5) is 0 Å². The molecule has 0 saturated carbocycles. The Bertz CT molecular complexity index is 825. The lowest BCUT2D eigenvalue weighted by Crippen LogP contribution is -2.42. The van der Waals surface area contributed by atoms with Crippen LogP contribution in [0, 0.1) is 0 Å². The molecule has 0 unspecified atom stereocenters. The smallest absolute Gasteiger partial charge is 0.335 e. The molecule has 0 amide bonds. The van der Waals surface area contributed by atoms with Gasteiger partial charge in [-0.3, -0.25) is 9.80 Å². The molecule has 0 bridgehead atoms. The van der Waals surface area contributed by atoms with E-state index in [-0.39, 0.29) is 11.7 Å². The van der Waals surface area contributed by atoms with Crippen LogP contribution in [0.3, 0.4) is 0 Å². The largest absolute Gasteiger partial charge is 0.478 e. The molecular formula is C23H38N6O4. The SMILES string of the molecule is CCN(CCN(CCNC[C@H](C)O)C[C@H](C)O)Cc1cn(Cc2ccc(C(=O)O)cc2)nn1. The van der Waals surface area contributed by atoms with Crippen molar-refractivity contribution in [3.05, 3.63) is 47.3 Å². The van der Waals surface area contributed by atoms with Gasteiger partial charge in [0, 0.05) is 45.8 Å². The van der Waals surface area contributed by atoms with Gasteiger partial charge in [0.2, 0.25) is 0 Å². The van der Waals surface area contributed by atoms with Crippen LogP contribution in [0.15, 0.2) is 30.5 Å². The average Bonchev–Trinajstić information content (AvgIpc) is 3.20. The van der Waals surface area contributed by atoms with E-state index in [0.29, 0.717) is 26.2 Å². The zero-order valence-corrected chi connectivity index (χ0v) is 19.9. The maximum atomic E-state index is 11.0. The number of rotatable bonds is 16. The van der Waals surface area contributed by atoms with Crippen molar-refractivity contribution in [2.75, 3.05) is 45.8 Å². The third-order valence-electron chi connectivity index (χ3n) is 5.26. The predicted molar refractivity (Wildman–Crippen MR) is 126 cm³/mol. The van der Waals surface area contributed by atoms with Crippen molar-refractivity contribution in [1.82, 2.24) is 30.1 Å². The highest BCUT2D eigenvalue weighted by Crippen LogP contribution is 2.08. The van der Waals surface area contributed by atoms with E-state index in [9.17, 15) is 15.0 Å². The topological polar surface area (TPSA) is 127 Å². The number of nitrogens with zero attached hydrogens (tertiary/aromatic N) is 5. The average molecular weight is 463 g/mol. The van der Waals surface area contributed by atoms with Gasteiger partial charge in [-0.1, -0.05) is 24.3 Å². The van der Waals surface area contributed by atoms with Crippen molar-refractivity contribution in [2.24, 2.45) is 0 Å². The minimum atomic E-state index is -0.938. The highest BCUT2D eigenvalue weighted by atomic mass is 16.4. The first-order chi connectivity index (χ1) is 15.8.